The lowest BCUT2D eigenvalue weighted by atomic mass is 10.0. The summed E-state index contributed by atoms with van der Waals surface area (Å²) in [5.74, 6) is -0.145. The van der Waals surface area contributed by atoms with E-state index in [-0.39, 0.29) is 5.91 Å². The molecule has 0 unspecified atom stereocenters. The predicted octanol–water partition coefficient (Wildman–Crippen LogP) is 2.51. The van der Waals surface area contributed by atoms with Crippen LogP contribution in [0.4, 0.5) is 11.6 Å². The minimum Gasteiger partial charge on any atom is -0.347 e. The quantitative estimate of drug-likeness (QED) is 0.913. The van der Waals surface area contributed by atoms with Gasteiger partial charge in [-0.15, -0.1) is 0 Å². The summed E-state index contributed by atoms with van der Waals surface area (Å²) in [7, 11) is 0. The molecule has 7 heteroatoms. The molecule has 2 aromatic rings. The zero-order valence-electron chi connectivity index (χ0n) is 14.8. The first kappa shape index (κ1) is 16.9. The van der Waals surface area contributed by atoms with Gasteiger partial charge in [0.1, 0.15) is 5.69 Å². The fourth-order valence-electron chi connectivity index (χ4n) is 3.38. The van der Waals surface area contributed by atoms with Crippen molar-refractivity contribution in [3.8, 4) is 0 Å². The van der Waals surface area contributed by atoms with Gasteiger partial charge in [-0.05, 0) is 25.1 Å². The highest BCUT2D eigenvalue weighted by molar-refractivity contribution is 5.92. The van der Waals surface area contributed by atoms with E-state index in [1.165, 1.54) is 0 Å². The van der Waals surface area contributed by atoms with Crippen molar-refractivity contribution in [3.05, 3.63) is 47.8 Å². The van der Waals surface area contributed by atoms with E-state index in [1.807, 2.05) is 42.2 Å². The molecule has 1 spiro atoms. The first-order valence-corrected chi connectivity index (χ1v) is 8.89. The Morgan fingerprint density at radius 1 is 1.12 bits per heavy atom. The molecule has 7 nitrogen and oxygen atoms in total. The molecule has 0 saturated carbocycles. The SMILES string of the molecule is Cc1cc(C(=O)N2CCC3(CC2)OCCO3)nc(Nc2ccccc2)n1. The topological polar surface area (TPSA) is 76.6 Å². The number of benzene rings is 1. The fourth-order valence-corrected chi connectivity index (χ4v) is 3.38. The Morgan fingerprint density at radius 3 is 2.50 bits per heavy atom. The monoisotopic (exact) mass is 354 g/mol. The first-order valence-electron chi connectivity index (χ1n) is 8.89. The molecule has 1 amide bonds. The summed E-state index contributed by atoms with van der Waals surface area (Å²) < 4.78 is 11.4. The molecule has 1 aromatic heterocycles. The Labute approximate surface area is 152 Å². The van der Waals surface area contributed by atoms with Crippen LogP contribution in [-0.4, -0.2) is 52.9 Å². The summed E-state index contributed by atoms with van der Waals surface area (Å²) in [4.78, 5) is 23.5. The van der Waals surface area contributed by atoms with Gasteiger partial charge in [0.05, 0.1) is 13.2 Å². The number of amides is 1. The summed E-state index contributed by atoms with van der Waals surface area (Å²) in [6.45, 7) is 4.33. The van der Waals surface area contributed by atoms with Gasteiger partial charge in [-0.1, -0.05) is 18.2 Å². The highest BCUT2D eigenvalue weighted by atomic mass is 16.7. The molecule has 2 fully saturated rings. The summed E-state index contributed by atoms with van der Waals surface area (Å²) in [6.07, 6.45) is 1.38. The molecule has 136 valence electrons. The molecule has 0 bridgehead atoms. The van der Waals surface area contributed by atoms with Gasteiger partial charge in [-0.2, -0.15) is 0 Å². The van der Waals surface area contributed by atoms with Crippen LogP contribution in [0.5, 0.6) is 0 Å². The van der Waals surface area contributed by atoms with Gasteiger partial charge in [0.25, 0.3) is 5.91 Å². The molecule has 0 radical (unpaired) electrons. The number of ether oxygens (including phenoxy) is 2. The van der Waals surface area contributed by atoms with E-state index in [0.29, 0.717) is 50.8 Å². The molecule has 1 N–H and O–H groups in total. The second-order valence-electron chi connectivity index (χ2n) is 6.61. The van der Waals surface area contributed by atoms with Gasteiger partial charge < -0.3 is 19.7 Å². The van der Waals surface area contributed by atoms with Crippen molar-refractivity contribution in [1.29, 1.82) is 0 Å². The normalized spacial score (nSPS) is 18.9. The third-order valence-electron chi connectivity index (χ3n) is 4.73. The number of rotatable bonds is 3. The molecule has 2 aliphatic rings. The number of nitrogens with zero attached hydrogens (tertiary/aromatic N) is 3. The Kier molecular flexibility index (Phi) is 4.57. The smallest absolute Gasteiger partial charge is 0.272 e. The second kappa shape index (κ2) is 7.01. The second-order valence-corrected chi connectivity index (χ2v) is 6.61. The summed E-state index contributed by atoms with van der Waals surface area (Å²) in [5.41, 5.74) is 2.03. The van der Waals surface area contributed by atoms with E-state index < -0.39 is 5.79 Å². The number of para-hydroxylation sites is 1. The molecule has 0 atom stereocenters. The van der Waals surface area contributed by atoms with Crippen LogP contribution in [-0.2, 0) is 9.47 Å². The molecule has 3 heterocycles. The number of likely N-dealkylation sites (tertiary alicyclic amines) is 1. The van der Waals surface area contributed by atoms with E-state index in [2.05, 4.69) is 15.3 Å². The van der Waals surface area contributed by atoms with E-state index in [0.717, 1.165) is 11.4 Å². The Bertz CT molecular complexity index is 781. The molecular weight excluding hydrogens is 332 g/mol. The number of carbonyl (C=O) groups is 1. The molecule has 0 aliphatic carbocycles. The van der Waals surface area contributed by atoms with Crippen LogP contribution in [0.15, 0.2) is 36.4 Å². The Morgan fingerprint density at radius 2 is 1.81 bits per heavy atom. The average Bonchev–Trinajstić information content (AvgIpc) is 3.10. The molecule has 1 aromatic carbocycles. The zero-order valence-corrected chi connectivity index (χ0v) is 14.8. The fraction of sp³-hybridized carbons (Fsp3) is 0.421. The number of carbonyl (C=O) groups excluding carboxylic acids is 1. The molecule has 4 rings (SSSR count). The van der Waals surface area contributed by atoms with Crippen molar-refractivity contribution in [2.75, 3.05) is 31.6 Å². The largest absolute Gasteiger partial charge is 0.347 e. The number of hydrogen-bond acceptors (Lipinski definition) is 6. The van der Waals surface area contributed by atoms with Gasteiger partial charge in [0.2, 0.25) is 5.95 Å². The van der Waals surface area contributed by atoms with Crippen LogP contribution >= 0.6 is 0 Å². The van der Waals surface area contributed by atoms with Crippen molar-refractivity contribution in [3.63, 3.8) is 0 Å². The maximum absolute atomic E-state index is 12.9. The third-order valence-corrected chi connectivity index (χ3v) is 4.73. The summed E-state index contributed by atoms with van der Waals surface area (Å²) in [6, 6.07) is 11.4. The van der Waals surface area contributed by atoms with Crippen LogP contribution in [0.3, 0.4) is 0 Å². The number of aryl methyl sites for hydroxylation is 1. The van der Waals surface area contributed by atoms with E-state index in [9.17, 15) is 4.79 Å². The van der Waals surface area contributed by atoms with Crippen molar-refractivity contribution in [1.82, 2.24) is 14.9 Å². The lowest BCUT2D eigenvalue weighted by molar-refractivity contribution is -0.181. The van der Waals surface area contributed by atoms with E-state index in [4.69, 9.17) is 9.47 Å². The van der Waals surface area contributed by atoms with Gasteiger partial charge in [-0.3, -0.25) is 4.79 Å². The minimum absolute atomic E-state index is 0.0838. The molecule has 2 saturated heterocycles. The van der Waals surface area contributed by atoms with Gasteiger partial charge >= 0.3 is 0 Å². The number of nitrogens with one attached hydrogen (secondary N) is 1. The average molecular weight is 354 g/mol. The van der Waals surface area contributed by atoms with Crippen molar-refractivity contribution < 1.29 is 14.3 Å². The van der Waals surface area contributed by atoms with Crippen molar-refractivity contribution in [2.45, 2.75) is 25.6 Å². The number of piperidine rings is 1. The number of hydrogen-bond donors (Lipinski definition) is 1. The summed E-state index contributed by atoms with van der Waals surface area (Å²) >= 11 is 0. The first-order chi connectivity index (χ1) is 12.6. The van der Waals surface area contributed by atoms with Crippen LogP contribution < -0.4 is 5.32 Å². The van der Waals surface area contributed by atoms with Gasteiger partial charge in [0.15, 0.2) is 5.79 Å². The molecule has 2 aliphatic heterocycles. The predicted molar refractivity (Wildman–Crippen MR) is 96.3 cm³/mol. The molecule has 26 heavy (non-hydrogen) atoms. The van der Waals surface area contributed by atoms with Crippen LogP contribution in [0.2, 0.25) is 0 Å². The Hall–Kier alpha value is -2.51. The minimum atomic E-state index is -0.488. The Balaban J connectivity index is 1.47. The lowest BCUT2D eigenvalue weighted by Gasteiger charge is -2.37. The highest BCUT2D eigenvalue weighted by Gasteiger charge is 2.41. The maximum Gasteiger partial charge on any atom is 0.272 e. The summed E-state index contributed by atoms with van der Waals surface area (Å²) in [5, 5.41) is 3.15. The number of aromatic nitrogens is 2. The van der Waals surface area contributed by atoms with E-state index in [1.54, 1.807) is 6.07 Å². The van der Waals surface area contributed by atoms with Gasteiger partial charge in [-0.25, -0.2) is 9.97 Å². The van der Waals surface area contributed by atoms with Crippen LogP contribution in [0.25, 0.3) is 0 Å². The van der Waals surface area contributed by atoms with E-state index >= 15 is 0 Å². The standard InChI is InChI=1S/C19H22N4O3/c1-14-13-16(22-18(20-14)21-15-5-3-2-4-6-15)17(24)23-9-7-19(8-10-23)25-11-12-26-19/h2-6,13H,7-12H2,1H3,(H,20,21,22). The lowest BCUT2D eigenvalue weighted by Crippen LogP contribution is -2.47. The maximum atomic E-state index is 12.9. The molecular formula is C19H22N4O3. The third kappa shape index (κ3) is 3.54. The zero-order chi connectivity index (χ0) is 18.0. The van der Waals surface area contributed by atoms with Crippen molar-refractivity contribution >= 4 is 17.5 Å². The van der Waals surface area contributed by atoms with Gasteiger partial charge in [0, 0.05) is 37.3 Å². The highest BCUT2D eigenvalue weighted by Crippen LogP contribution is 2.31. The number of anilines is 2. The van der Waals surface area contributed by atoms with Crippen LogP contribution in [0, 0.1) is 6.92 Å². The van der Waals surface area contributed by atoms with Crippen molar-refractivity contribution in [2.24, 2.45) is 0 Å². The van der Waals surface area contributed by atoms with Crippen LogP contribution in [0.1, 0.15) is 29.0 Å².